The van der Waals surface area contributed by atoms with Gasteiger partial charge in [0.2, 0.25) is 0 Å². The third kappa shape index (κ3) is 2.80. The highest BCUT2D eigenvalue weighted by Gasteiger charge is 2.25. The molecule has 0 aromatic heterocycles. The van der Waals surface area contributed by atoms with Crippen molar-refractivity contribution in [3.63, 3.8) is 0 Å². The number of halogens is 1. The van der Waals surface area contributed by atoms with E-state index in [0.29, 0.717) is 12.8 Å². The number of rotatable bonds is 1. The van der Waals surface area contributed by atoms with Crippen LogP contribution in [0.3, 0.4) is 0 Å². The number of ether oxygens (including phenoxy) is 1. The monoisotopic (exact) mass is 174 g/mol. The summed E-state index contributed by atoms with van der Waals surface area (Å²) in [5.41, 5.74) is 0. The van der Waals surface area contributed by atoms with Gasteiger partial charge >= 0.3 is 5.97 Å². The second-order valence-electron chi connectivity index (χ2n) is 3.30. The molecule has 0 aromatic carbocycles. The Morgan fingerprint density at radius 1 is 1.33 bits per heavy atom. The minimum atomic E-state index is -0.948. The van der Waals surface area contributed by atoms with Gasteiger partial charge in [0.05, 0.1) is 0 Å². The van der Waals surface area contributed by atoms with E-state index in [1.807, 2.05) is 0 Å². The number of esters is 1. The fraction of sp³-hybridized carbons (Fsp3) is 0.889. The van der Waals surface area contributed by atoms with Gasteiger partial charge in [-0.25, -0.2) is 4.39 Å². The number of hydrogen-bond acceptors (Lipinski definition) is 2. The van der Waals surface area contributed by atoms with E-state index in [4.69, 9.17) is 4.74 Å². The lowest BCUT2D eigenvalue weighted by Crippen LogP contribution is -2.26. The predicted molar refractivity (Wildman–Crippen MR) is 43.5 cm³/mol. The van der Waals surface area contributed by atoms with E-state index in [9.17, 15) is 9.18 Å². The maximum Gasteiger partial charge on any atom is 0.303 e. The second kappa shape index (κ2) is 4.43. The third-order valence-corrected chi connectivity index (χ3v) is 2.19. The summed E-state index contributed by atoms with van der Waals surface area (Å²) in [6.45, 7) is 1.33. The average Bonchev–Trinajstić information content (AvgIpc) is 2.16. The van der Waals surface area contributed by atoms with Gasteiger partial charge in [-0.2, -0.15) is 0 Å². The van der Waals surface area contributed by atoms with Crippen LogP contribution >= 0.6 is 0 Å². The van der Waals surface area contributed by atoms with E-state index < -0.39 is 12.3 Å². The standard InChI is InChI=1S/C9H15FO2/c1-7(11)12-9-6-4-2-3-5-8(9)10/h8-9H,2-6H2,1H3/t8-,9-/m1/s1. The zero-order chi connectivity index (χ0) is 8.97. The molecular formula is C9H15FO2. The highest BCUT2D eigenvalue weighted by Crippen LogP contribution is 2.22. The first-order valence-corrected chi connectivity index (χ1v) is 4.51. The first-order valence-electron chi connectivity index (χ1n) is 4.51. The maximum atomic E-state index is 13.2. The zero-order valence-corrected chi connectivity index (χ0v) is 7.38. The van der Waals surface area contributed by atoms with Gasteiger partial charge in [-0.05, 0) is 19.3 Å². The van der Waals surface area contributed by atoms with Gasteiger partial charge in [0.25, 0.3) is 0 Å². The molecule has 0 heterocycles. The quantitative estimate of drug-likeness (QED) is 0.450. The minimum Gasteiger partial charge on any atom is -0.459 e. The van der Waals surface area contributed by atoms with Crippen molar-refractivity contribution < 1.29 is 13.9 Å². The van der Waals surface area contributed by atoms with Crippen molar-refractivity contribution in [2.45, 2.75) is 51.3 Å². The number of hydrogen-bond donors (Lipinski definition) is 0. The van der Waals surface area contributed by atoms with E-state index in [2.05, 4.69) is 0 Å². The number of carbonyl (C=O) groups is 1. The van der Waals surface area contributed by atoms with Gasteiger partial charge in [-0.1, -0.05) is 12.8 Å². The Morgan fingerprint density at radius 2 is 2.00 bits per heavy atom. The molecule has 1 rings (SSSR count). The molecule has 70 valence electrons. The Balaban J connectivity index is 2.41. The van der Waals surface area contributed by atoms with Gasteiger partial charge in [0.1, 0.15) is 12.3 Å². The first kappa shape index (κ1) is 9.49. The fourth-order valence-electron chi connectivity index (χ4n) is 1.57. The SMILES string of the molecule is CC(=O)O[C@@H]1CCCCC[C@H]1F. The summed E-state index contributed by atoms with van der Waals surface area (Å²) < 4.78 is 18.1. The van der Waals surface area contributed by atoms with Crippen LogP contribution in [-0.4, -0.2) is 18.2 Å². The van der Waals surface area contributed by atoms with Crippen LogP contribution in [0.5, 0.6) is 0 Å². The molecule has 1 saturated carbocycles. The number of carbonyl (C=O) groups excluding carboxylic acids is 1. The molecule has 0 aliphatic heterocycles. The van der Waals surface area contributed by atoms with E-state index >= 15 is 0 Å². The largest absolute Gasteiger partial charge is 0.459 e. The maximum absolute atomic E-state index is 13.2. The lowest BCUT2D eigenvalue weighted by atomic mass is 10.1. The van der Waals surface area contributed by atoms with Gasteiger partial charge < -0.3 is 4.74 Å². The molecule has 1 aliphatic carbocycles. The second-order valence-corrected chi connectivity index (χ2v) is 3.30. The van der Waals surface area contributed by atoms with Crippen LogP contribution in [0.15, 0.2) is 0 Å². The average molecular weight is 174 g/mol. The summed E-state index contributed by atoms with van der Waals surface area (Å²) in [5.74, 6) is -0.371. The van der Waals surface area contributed by atoms with Gasteiger partial charge in [-0.15, -0.1) is 0 Å². The molecule has 0 aromatic rings. The van der Waals surface area contributed by atoms with Crippen LogP contribution in [0, 0.1) is 0 Å². The fourth-order valence-corrected chi connectivity index (χ4v) is 1.57. The molecule has 12 heavy (non-hydrogen) atoms. The Kier molecular flexibility index (Phi) is 3.50. The molecule has 0 saturated heterocycles. The molecule has 3 heteroatoms. The van der Waals surface area contributed by atoms with Crippen LogP contribution < -0.4 is 0 Å². The predicted octanol–water partition coefficient (Wildman–Crippen LogP) is 2.22. The third-order valence-electron chi connectivity index (χ3n) is 2.19. The summed E-state index contributed by atoms with van der Waals surface area (Å²) >= 11 is 0. The van der Waals surface area contributed by atoms with E-state index in [1.54, 1.807) is 0 Å². The van der Waals surface area contributed by atoms with Crippen LogP contribution in [-0.2, 0) is 9.53 Å². The van der Waals surface area contributed by atoms with Crippen molar-refractivity contribution in [2.24, 2.45) is 0 Å². The van der Waals surface area contributed by atoms with Crippen molar-refractivity contribution in [3.05, 3.63) is 0 Å². The van der Waals surface area contributed by atoms with Crippen molar-refractivity contribution in [2.75, 3.05) is 0 Å². The highest BCUT2D eigenvalue weighted by atomic mass is 19.1. The van der Waals surface area contributed by atoms with E-state index in [1.165, 1.54) is 6.92 Å². The smallest absolute Gasteiger partial charge is 0.303 e. The van der Waals surface area contributed by atoms with Gasteiger partial charge in [-0.3, -0.25) is 4.79 Å². The lowest BCUT2D eigenvalue weighted by molar-refractivity contribution is -0.150. The molecule has 0 unspecified atom stereocenters. The molecule has 2 nitrogen and oxygen atoms in total. The molecule has 1 fully saturated rings. The van der Waals surface area contributed by atoms with Crippen molar-refractivity contribution >= 4 is 5.97 Å². The van der Waals surface area contributed by atoms with Gasteiger partial charge in [0.15, 0.2) is 0 Å². The number of alkyl halides is 1. The molecule has 0 radical (unpaired) electrons. The van der Waals surface area contributed by atoms with Crippen molar-refractivity contribution in [1.29, 1.82) is 0 Å². The summed E-state index contributed by atoms with van der Waals surface area (Å²) in [6, 6.07) is 0. The van der Waals surface area contributed by atoms with Crippen LogP contribution in [0.4, 0.5) is 4.39 Å². The zero-order valence-electron chi connectivity index (χ0n) is 7.38. The molecule has 2 atom stereocenters. The normalized spacial score (nSPS) is 30.8. The summed E-state index contributed by atoms with van der Waals surface area (Å²) in [6.07, 6.45) is 2.73. The Hall–Kier alpha value is -0.600. The molecule has 0 bridgehead atoms. The molecular weight excluding hydrogens is 159 g/mol. The Labute approximate surface area is 72.1 Å². The molecule has 0 N–H and O–H groups in total. The van der Waals surface area contributed by atoms with E-state index in [0.717, 1.165) is 19.3 Å². The minimum absolute atomic E-state index is 0.371. The van der Waals surface area contributed by atoms with Crippen LogP contribution in [0.1, 0.15) is 39.0 Å². The first-order chi connectivity index (χ1) is 5.70. The molecule has 0 spiro atoms. The highest BCUT2D eigenvalue weighted by molar-refractivity contribution is 5.66. The summed E-state index contributed by atoms with van der Waals surface area (Å²) in [5, 5.41) is 0. The van der Waals surface area contributed by atoms with Crippen molar-refractivity contribution in [3.8, 4) is 0 Å². The molecule has 1 aliphatic rings. The Bertz CT molecular complexity index is 159. The lowest BCUT2D eigenvalue weighted by Gasteiger charge is -2.17. The van der Waals surface area contributed by atoms with Crippen molar-refractivity contribution in [1.82, 2.24) is 0 Å². The summed E-state index contributed by atoms with van der Waals surface area (Å²) in [7, 11) is 0. The van der Waals surface area contributed by atoms with Crippen LogP contribution in [0.25, 0.3) is 0 Å². The van der Waals surface area contributed by atoms with Gasteiger partial charge in [0, 0.05) is 6.92 Å². The van der Waals surface area contributed by atoms with E-state index in [-0.39, 0.29) is 5.97 Å². The summed E-state index contributed by atoms with van der Waals surface area (Å²) in [4.78, 5) is 10.6. The Morgan fingerprint density at radius 3 is 2.67 bits per heavy atom. The molecule has 0 amide bonds. The topological polar surface area (TPSA) is 26.3 Å². The van der Waals surface area contributed by atoms with Crippen LogP contribution in [0.2, 0.25) is 0 Å².